The van der Waals surface area contributed by atoms with Crippen LogP contribution in [0.25, 0.3) is 0 Å². The Kier molecular flexibility index (Phi) is 4.01. The molecule has 4 aliphatic heterocycles. The van der Waals surface area contributed by atoms with Crippen molar-refractivity contribution in [3.8, 4) is 5.75 Å². The van der Waals surface area contributed by atoms with Crippen molar-refractivity contribution in [2.24, 2.45) is 5.92 Å². The predicted molar refractivity (Wildman–Crippen MR) is 90.7 cm³/mol. The summed E-state index contributed by atoms with van der Waals surface area (Å²) >= 11 is 0. The summed E-state index contributed by atoms with van der Waals surface area (Å²) in [6, 6.07) is 7.80. The zero-order valence-electron chi connectivity index (χ0n) is 14.4. The molecule has 0 aliphatic carbocycles. The minimum absolute atomic E-state index is 0.00602. The Balaban J connectivity index is 1.51. The first-order chi connectivity index (χ1) is 12.2. The maximum absolute atomic E-state index is 9.77. The fourth-order valence-corrected chi connectivity index (χ4v) is 4.46. The Morgan fingerprint density at radius 3 is 1.64 bits per heavy atom. The summed E-state index contributed by atoms with van der Waals surface area (Å²) in [5.74, 6) is 0.793. The topological polar surface area (TPSA) is 70.3 Å². The molecule has 4 atom stereocenters. The van der Waals surface area contributed by atoms with E-state index in [2.05, 4.69) is 12.1 Å². The molecule has 4 unspecified atom stereocenters. The number of rotatable bonds is 10. The molecule has 0 saturated carbocycles. The van der Waals surface area contributed by atoms with Gasteiger partial charge in [0.1, 0.15) is 5.75 Å². The number of hydrogen-bond acceptors (Lipinski definition) is 5. The van der Waals surface area contributed by atoms with E-state index < -0.39 is 0 Å². The summed E-state index contributed by atoms with van der Waals surface area (Å²) in [7, 11) is 0. The highest BCUT2D eigenvalue weighted by molar-refractivity contribution is 5.33. The molecule has 0 bridgehead atoms. The normalized spacial score (nSPS) is 35.7. The van der Waals surface area contributed by atoms with E-state index in [1.54, 1.807) is 0 Å². The molecule has 5 rings (SSSR count). The number of ether oxygens (including phenoxy) is 4. The molecule has 1 aromatic rings. The number of phenols is 1. The molecular formula is C20H26O5. The second-order valence-corrected chi connectivity index (χ2v) is 8.10. The second-order valence-electron chi connectivity index (χ2n) is 8.10. The fourth-order valence-electron chi connectivity index (χ4n) is 4.46. The highest BCUT2D eigenvalue weighted by Gasteiger charge is 2.51. The molecule has 25 heavy (non-hydrogen) atoms. The van der Waals surface area contributed by atoms with E-state index in [0.717, 1.165) is 52.1 Å². The van der Waals surface area contributed by atoms with Crippen molar-refractivity contribution in [2.45, 2.75) is 55.5 Å². The summed E-state index contributed by atoms with van der Waals surface area (Å²) in [5, 5.41) is 9.77. The van der Waals surface area contributed by atoms with E-state index in [1.165, 1.54) is 5.56 Å². The van der Waals surface area contributed by atoms with Crippen LogP contribution in [0.1, 0.15) is 31.2 Å². The van der Waals surface area contributed by atoms with Gasteiger partial charge in [0.2, 0.25) is 0 Å². The lowest BCUT2D eigenvalue weighted by atomic mass is 9.62. The van der Waals surface area contributed by atoms with Crippen molar-refractivity contribution < 1.29 is 24.1 Å². The van der Waals surface area contributed by atoms with E-state index in [9.17, 15) is 5.11 Å². The van der Waals surface area contributed by atoms with Crippen LogP contribution in [-0.2, 0) is 24.4 Å². The molecule has 4 fully saturated rings. The van der Waals surface area contributed by atoms with Gasteiger partial charge in [-0.05, 0) is 49.3 Å². The molecule has 4 aliphatic rings. The molecule has 4 heterocycles. The summed E-state index contributed by atoms with van der Waals surface area (Å²) in [6.07, 6.45) is 5.63. The molecule has 1 aromatic carbocycles. The van der Waals surface area contributed by atoms with E-state index in [0.29, 0.717) is 36.1 Å². The third kappa shape index (κ3) is 3.85. The van der Waals surface area contributed by atoms with Crippen LogP contribution in [0.5, 0.6) is 5.75 Å². The van der Waals surface area contributed by atoms with Crippen LogP contribution in [0, 0.1) is 5.92 Å². The Labute approximate surface area is 148 Å². The van der Waals surface area contributed by atoms with E-state index >= 15 is 0 Å². The van der Waals surface area contributed by atoms with Crippen LogP contribution in [0.4, 0.5) is 0 Å². The molecule has 0 amide bonds. The molecular weight excluding hydrogens is 320 g/mol. The molecule has 0 radical (unpaired) electrons. The number of aromatic hydroxyl groups is 1. The van der Waals surface area contributed by atoms with Gasteiger partial charge in [-0.15, -0.1) is 0 Å². The second kappa shape index (κ2) is 6.23. The minimum atomic E-state index is -0.00602. The number of hydrogen-bond donors (Lipinski definition) is 1. The predicted octanol–water partition coefficient (Wildman–Crippen LogP) is 2.40. The van der Waals surface area contributed by atoms with Crippen molar-refractivity contribution in [1.29, 1.82) is 0 Å². The van der Waals surface area contributed by atoms with Crippen molar-refractivity contribution in [3.63, 3.8) is 0 Å². The first-order valence-electron chi connectivity index (χ1n) is 9.47. The van der Waals surface area contributed by atoms with Gasteiger partial charge in [0, 0.05) is 5.41 Å². The molecule has 0 spiro atoms. The SMILES string of the molecule is Oc1ccc(C(CC2CO2)(CC2CO2)C(CC2CO2)CC2CO2)cc1. The molecule has 4 saturated heterocycles. The van der Waals surface area contributed by atoms with E-state index in [4.69, 9.17) is 18.9 Å². The molecule has 5 nitrogen and oxygen atoms in total. The van der Waals surface area contributed by atoms with Crippen LogP contribution in [0.15, 0.2) is 24.3 Å². The summed E-state index contributed by atoms with van der Waals surface area (Å²) in [4.78, 5) is 0. The standard InChI is InChI=1S/C20H26O5/c21-15-3-1-13(2-4-15)20(7-18-11-24-18,8-19-12-25-19)14(5-16-9-22-16)6-17-10-23-17/h1-4,14,16-19,21H,5-12H2. The smallest absolute Gasteiger partial charge is 0.115 e. The van der Waals surface area contributed by atoms with Gasteiger partial charge < -0.3 is 24.1 Å². The lowest BCUT2D eigenvalue weighted by molar-refractivity contribution is 0.149. The van der Waals surface area contributed by atoms with Gasteiger partial charge in [0.05, 0.1) is 50.8 Å². The molecule has 136 valence electrons. The maximum Gasteiger partial charge on any atom is 0.115 e. The minimum Gasteiger partial charge on any atom is -0.508 e. The fraction of sp³-hybridized carbons (Fsp3) is 0.700. The highest BCUT2D eigenvalue weighted by atomic mass is 16.6. The van der Waals surface area contributed by atoms with Crippen molar-refractivity contribution >= 4 is 0 Å². The third-order valence-electron chi connectivity index (χ3n) is 6.11. The van der Waals surface area contributed by atoms with E-state index in [1.807, 2.05) is 12.1 Å². The van der Waals surface area contributed by atoms with Crippen LogP contribution in [0.3, 0.4) is 0 Å². The van der Waals surface area contributed by atoms with Gasteiger partial charge in [-0.2, -0.15) is 0 Å². The van der Waals surface area contributed by atoms with Gasteiger partial charge in [-0.25, -0.2) is 0 Å². The monoisotopic (exact) mass is 346 g/mol. The summed E-state index contributed by atoms with van der Waals surface area (Å²) in [6.45, 7) is 3.48. The Morgan fingerprint density at radius 1 is 0.800 bits per heavy atom. The van der Waals surface area contributed by atoms with Gasteiger partial charge in [0.15, 0.2) is 0 Å². The maximum atomic E-state index is 9.77. The van der Waals surface area contributed by atoms with Crippen molar-refractivity contribution in [1.82, 2.24) is 0 Å². The van der Waals surface area contributed by atoms with Crippen LogP contribution in [0.2, 0.25) is 0 Å². The lowest BCUT2D eigenvalue weighted by Gasteiger charge is -2.41. The molecule has 1 N–H and O–H groups in total. The van der Waals surface area contributed by atoms with Gasteiger partial charge in [0.25, 0.3) is 0 Å². The van der Waals surface area contributed by atoms with Gasteiger partial charge in [-0.1, -0.05) is 12.1 Å². The van der Waals surface area contributed by atoms with Gasteiger partial charge >= 0.3 is 0 Å². The van der Waals surface area contributed by atoms with Crippen LogP contribution in [-0.4, -0.2) is 55.9 Å². The average Bonchev–Trinajstić information content (AvgIpc) is 3.45. The third-order valence-corrected chi connectivity index (χ3v) is 6.11. The zero-order chi connectivity index (χ0) is 16.9. The number of epoxide rings is 4. The van der Waals surface area contributed by atoms with Crippen molar-refractivity contribution in [2.75, 3.05) is 26.4 Å². The Hall–Kier alpha value is -1.14. The molecule has 0 aromatic heterocycles. The summed E-state index contributed by atoms with van der Waals surface area (Å²) in [5.41, 5.74) is 1.29. The first kappa shape index (κ1) is 16.1. The zero-order valence-corrected chi connectivity index (χ0v) is 14.4. The first-order valence-corrected chi connectivity index (χ1v) is 9.47. The summed E-state index contributed by atoms with van der Waals surface area (Å²) < 4.78 is 22.5. The number of phenolic OH excluding ortho intramolecular Hbond substituents is 1. The van der Waals surface area contributed by atoms with E-state index in [-0.39, 0.29) is 5.41 Å². The Bertz CT molecular complexity index is 571. The lowest BCUT2D eigenvalue weighted by Crippen LogP contribution is -2.40. The highest BCUT2D eigenvalue weighted by Crippen LogP contribution is 2.50. The average molecular weight is 346 g/mol. The Morgan fingerprint density at radius 2 is 1.24 bits per heavy atom. The van der Waals surface area contributed by atoms with Gasteiger partial charge in [-0.3, -0.25) is 0 Å². The molecule has 5 heteroatoms. The van der Waals surface area contributed by atoms with Crippen molar-refractivity contribution in [3.05, 3.63) is 29.8 Å². The van der Waals surface area contributed by atoms with Crippen LogP contribution < -0.4 is 0 Å². The van der Waals surface area contributed by atoms with Crippen LogP contribution >= 0.6 is 0 Å². The number of benzene rings is 1. The quantitative estimate of drug-likeness (QED) is 0.659. The largest absolute Gasteiger partial charge is 0.508 e.